The fraction of sp³-hybridized carbons (Fsp3) is 0.438. The maximum absolute atomic E-state index is 12.1. The number of carbonyl (C=O) groups excluding carboxylic acids is 3. The molecule has 10 nitrogen and oxygen atoms in total. The molecule has 0 aliphatic carbocycles. The van der Waals surface area contributed by atoms with Gasteiger partial charge in [0.25, 0.3) is 5.91 Å². The second kappa shape index (κ2) is 9.88. The van der Waals surface area contributed by atoms with Crippen LogP contribution in [-0.4, -0.2) is 53.6 Å². The van der Waals surface area contributed by atoms with Crippen LogP contribution in [0.3, 0.4) is 0 Å². The lowest BCUT2D eigenvalue weighted by atomic mass is 10.2. The van der Waals surface area contributed by atoms with E-state index in [2.05, 4.69) is 10.0 Å². The van der Waals surface area contributed by atoms with Crippen molar-refractivity contribution in [1.29, 1.82) is 0 Å². The first-order valence-corrected chi connectivity index (χ1v) is 9.45. The summed E-state index contributed by atoms with van der Waals surface area (Å²) in [5, 5.41) is 4.49. The molecule has 0 aromatic heterocycles. The summed E-state index contributed by atoms with van der Waals surface area (Å²) in [4.78, 5) is 34.9. The number of ether oxygens (including phenoxy) is 2. The smallest absolute Gasteiger partial charge is 0.338 e. The third-order valence-electron chi connectivity index (χ3n) is 3.22. The Bertz CT molecular complexity index is 806. The summed E-state index contributed by atoms with van der Waals surface area (Å²) in [6.07, 6.45) is 0. The Labute approximate surface area is 157 Å². The van der Waals surface area contributed by atoms with E-state index in [0.717, 1.165) is 6.07 Å². The van der Waals surface area contributed by atoms with Gasteiger partial charge in [-0.1, -0.05) is 13.8 Å². The fourth-order valence-electron chi connectivity index (χ4n) is 1.84. The Morgan fingerprint density at radius 2 is 1.85 bits per heavy atom. The fourth-order valence-corrected chi connectivity index (χ4v) is 2.76. The lowest BCUT2D eigenvalue weighted by molar-refractivity contribution is -0.123. The predicted molar refractivity (Wildman–Crippen MR) is 95.9 cm³/mol. The summed E-state index contributed by atoms with van der Waals surface area (Å²) < 4.78 is 35.9. The monoisotopic (exact) mass is 401 g/mol. The molecule has 0 heterocycles. The van der Waals surface area contributed by atoms with Crippen LogP contribution in [0.5, 0.6) is 5.75 Å². The van der Waals surface area contributed by atoms with Gasteiger partial charge in [0.05, 0.1) is 12.7 Å². The molecule has 3 N–H and O–H groups in total. The molecule has 0 spiro atoms. The molecule has 0 unspecified atom stereocenters. The molecule has 0 aliphatic heterocycles. The molecule has 0 saturated heterocycles. The molecule has 3 amide bonds. The van der Waals surface area contributed by atoms with E-state index in [1.165, 1.54) is 26.3 Å². The number of urea groups is 1. The van der Waals surface area contributed by atoms with Gasteiger partial charge in [-0.15, -0.1) is 0 Å². The minimum atomic E-state index is -3.87. The van der Waals surface area contributed by atoms with Gasteiger partial charge in [-0.05, 0) is 31.2 Å². The minimum Gasteiger partial charge on any atom is -0.495 e. The molecule has 0 atom stereocenters. The van der Waals surface area contributed by atoms with Gasteiger partial charge in [0.2, 0.25) is 10.0 Å². The number of methoxy groups -OCH3 is 1. The first kappa shape index (κ1) is 22.4. The average Bonchev–Trinajstić information content (AvgIpc) is 2.63. The van der Waals surface area contributed by atoms with Crippen molar-refractivity contribution in [3.63, 3.8) is 0 Å². The highest BCUT2D eigenvalue weighted by Gasteiger charge is 2.21. The number of hydrogen-bond donors (Lipinski definition) is 3. The number of esters is 1. The van der Waals surface area contributed by atoms with E-state index >= 15 is 0 Å². The molecule has 27 heavy (non-hydrogen) atoms. The summed E-state index contributed by atoms with van der Waals surface area (Å²) in [6.45, 7) is 3.46. The maximum atomic E-state index is 12.1. The molecular weight excluding hydrogens is 378 g/mol. The third kappa shape index (κ3) is 6.87. The van der Waals surface area contributed by atoms with Crippen LogP contribution in [0.25, 0.3) is 0 Å². The highest BCUT2D eigenvalue weighted by Crippen LogP contribution is 2.24. The Balaban J connectivity index is 2.74. The number of amides is 3. The van der Waals surface area contributed by atoms with Gasteiger partial charge in [-0.3, -0.25) is 10.1 Å². The molecule has 1 rings (SSSR count). The van der Waals surface area contributed by atoms with Gasteiger partial charge >= 0.3 is 12.0 Å². The standard InChI is InChI=1S/C16H23N3O7S/c1-10(2)8-18-16(22)19-14(20)9-26-15(21)11-5-6-12(25-4)13(7-11)27(23,24)17-3/h5-7,10,17H,8-9H2,1-4H3,(H2,18,19,20,22). The molecular formula is C16H23N3O7S. The Kier molecular flexibility index (Phi) is 8.19. The zero-order valence-corrected chi connectivity index (χ0v) is 16.3. The van der Waals surface area contributed by atoms with Crippen molar-refractivity contribution in [3.8, 4) is 5.75 Å². The van der Waals surface area contributed by atoms with Crippen molar-refractivity contribution in [2.24, 2.45) is 5.92 Å². The molecule has 0 saturated carbocycles. The minimum absolute atomic E-state index is 0.0421. The number of nitrogens with one attached hydrogen (secondary N) is 3. The summed E-state index contributed by atoms with van der Waals surface area (Å²) in [6, 6.07) is 2.96. The largest absolute Gasteiger partial charge is 0.495 e. The van der Waals surface area contributed by atoms with Crippen molar-refractivity contribution in [3.05, 3.63) is 23.8 Å². The van der Waals surface area contributed by atoms with Gasteiger partial charge in [0, 0.05) is 6.54 Å². The quantitative estimate of drug-likeness (QED) is 0.530. The van der Waals surface area contributed by atoms with E-state index in [9.17, 15) is 22.8 Å². The predicted octanol–water partition coefficient (Wildman–Crippen LogP) is 0.242. The third-order valence-corrected chi connectivity index (χ3v) is 4.65. The van der Waals surface area contributed by atoms with Crippen molar-refractivity contribution < 1.29 is 32.3 Å². The second-order valence-electron chi connectivity index (χ2n) is 5.80. The number of imide groups is 1. The second-order valence-corrected chi connectivity index (χ2v) is 7.66. The Morgan fingerprint density at radius 1 is 1.19 bits per heavy atom. The van der Waals surface area contributed by atoms with E-state index in [0.29, 0.717) is 6.54 Å². The van der Waals surface area contributed by atoms with E-state index in [1.54, 1.807) is 0 Å². The lowest BCUT2D eigenvalue weighted by Gasteiger charge is -2.11. The normalized spacial score (nSPS) is 11.0. The van der Waals surface area contributed by atoms with Crippen molar-refractivity contribution in [2.45, 2.75) is 18.7 Å². The van der Waals surface area contributed by atoms with Crippen LogP contribution in [0, 0.1) is 5.92 Å². The molecule has 150 valence electrons. The Hall–Kier alpha value is -2.66. The number of rotatable bonds is 8. The molecule has 11 heteroatoms. The number of benzene rings is 1. The van der Waals surface area contributed by atoms with E-state index in [1.807, 2.05) is 19.2 Å². The zero-order valence-electron chi connectivity index (χ0n) is 15.5. The first-order chi connectivity index (χ1) is 12.6. The van der Waals surface area contributed by atoms with Crippen LogP contribution >= 0.6 is 0 Å². The van der Waals surface area contributed by atoms with Crippen LogP contribution in [0.2, 0.25) is 0 Å². The number of sulfonamides is 1. The molecule has 0 radical (unpaired) electrons. The SMILES string of the molecule is CNS(=O)(=O)c1cc(C(=O)OCC(=O)NC(=O)NCC(C)C)ccc1OC. The van der Waals surface area contributed by atoms with E-state index < -0.39 is 34.5 Å². The lowest BCUT2D eigenvalue weighted by Crippen LogP contribution is -2.42. The molecule has 0 fully saturated rings. The summed E-state index contributed by atoms with van der Waals surface area (Å²) in [5.74, 6) is -1.49. The summed E-state index contributed by atoms with van der Waals surface area (Å²) in [7, 11) is -1.37. The molecule has 1 aromatic carbocycles. The topological polar surface area (TPSA) is 140 Å². The van der Waals surface area contributed by atoms with Gasteiger partial charge < -0.3 is 14.8 Å². The molecule has 1 aromatic rings. The van der Waals surface area contributed by atoms with Crippen molar-refractivity contribution >= 4 is 27.9 Å². The molecule has 0 bridgehead atoms. The van der Waals surface area contributed by atoms with Crippen molar-refractivity contribution in [2.75, 3.05) is 27.3 Å². The van der Waals surface area contributed by atoms with Crippen LogP contribution in [-0.2, 0) is 19.6 Å². The van der Waals surface area contributed by atoms with Crippen LogP contribution in [0.4, 0.5) is 4.79 Å². The van der Waals surface area contributed by atoms with Gasteiger partial charge in [0.1, 0.15) is 10.6 Å². The first-order valence-electron chi connectivity index (χ1n) is 7.97. The van der Waals surface area contributed by atoms with Crippen molar-refractivity contribution in [1.82, 2.24) is 15.4 Å². The summed E-state index contributed by atoms with van der Waals surface area (Å²) in [5.41, 5.74) is -0.0957. The average molecular weight is 401 g/mol. The van der Waals surface area contributed by atoms with Crippen LogP contribution < -0.4 is 20.1 Å². The highest BCUT2D eigenvalue weighted by atomic mass is 32.2. The molecule has 0 aliphatic rings. The summed E-state index contributed by atoms with van der Waals surface area (Å²) >= 11 is 0. The van der Waals surface area contributed by atoms with Gasteiger partial charge in [-0.2, -0.15) is 0 Å². The maximum Gasteiger partial charge on any atom is 0.338 e. The van der Waals surface area contributed by atoms with E-state index in [-0.39, 0.29) is 22.1 Å². The Morgan fingerprint density at radius 3 is 2.41 bits per heavy atom. The highest BCUT2D eigenvalue weighted by molar-refractivity contribution is 7.89. The van der Waals surface area contributed by atoms with Gasteiger partial charge in [-0.25, -0.2) is 22.7 Å². The van der Waals surface area contributed by atoms with Crippen LogP contribution in [0.15, 0.2) is 23.1 Å². The van der Waals surface area contributed by atoms with E-state index in [4.69, 9.17) is 9.47 Å². The zero-order chi connectivity index (χ0) is 20.6. The van der Waals surface area contributed by atoms with Crippen LogP contribution in [0.1, 0.15) is 24.2 Å². The van der Waals surface area contributed by atoms with Gasteiger partial charge in [0.15, 0.2) is 6.61 Å². The number of carbonyl (C=O) groups is 3. The number of hydrogen-bond acceptors (Lipinski definition) is 7.